The number of nitrogens with zero attached hydrogens (tertiary/aromatic N) is 1. The number of benzene rings is 1. The average molecular weight is 317 g/mol. The predicted molar refractivity (Wildman–Crippen MR) is 72.1 cm³/mol. The van der Waals surface area contributed by atoms with Crippen molar-refractivity contribution in [3.63, 3.8) is 0 Å². The summed E-state index contributed by atoms with van der Waals surface area (Å²) in [6.07, 6.45) is 1.16. The minimum absolute atomic E-state index is 0.0479. The number of carbonyl (C=O) groups is 1. The molecule has 1 atom stereocenters. The van der Waals surface area contributed by atoms with Crippen molar-refractivity contribution >= 4 is 16.0 Å². The van der Waals surface area contributed by atoms with Crippen LogP contribution in [0.3, 0.4) is 0 Å². The second-order valence-electron chi connectivity index (χ2n) is 5.00. The number of aryl methyl sites for hydroxylation is 1. The van der Waals surface area contributed by atoms with Gasteiger partial charge in [0.15, 0.2) is 0 Å². The summed E-state index contributed by atoms with van der Waals surface area (Å²) in [5, 5.41) is 18.2. The fourth-order valence-electron chi connectivity index (χ4n) is 2.48. The highest BCUT2D eigenvalue weighted by Gasteiger charge is 2.35. The Bertz CT molecular complexity index is 673. The summed E-state index contributed by atoms with van der Waals surface area (Å²) in [5.41, 5.74) is -0.721. The zero-order chi connectivity index (χ0) is 15.8. The smallest absolute Gasteiger partial charge is 0.338 e. The summed E-state index contributed by atoms with van der Waals surface area (Å²) < 4.78 is 39.9. The van der Waals surface area contributed by atoms with Crippen molar-refractivity contribution < 1.29 is 27.8 Å². The van der Waals surface area contributed by atoms with Crippen LogP contribution >= 0.6 is 0 Å². The van der Waals surface area contributed by atoms with E-state index in [0.29, 0.717) is 12.8 Å². The first kappa shape index (κ1) is 15.9. The van der Waals surface area contributed by atoms with Crippen LogP contribution in [0.15, 0.2) is 17.0 Å². The molecule has 1 aliphatic heterocycles. The first-order valence-electron chi connectivity index (χ1n) is 6.45. The van der Waals surface area contributed by atoms with E-state index in [1.54, 1.807) is 0 Å². The Balaban J connectivity index is 2.53. The van der Waals surface area contributed by atoms with Gasteiger partial charge in [-0.25, -0.2) is 17.6 Å². The standard InChI is InChI=1S/C13H16FNO5S/c1-8-5-10(6-11(12(8)14)13(17)18)21(19,20)15-4-2-3-9(15)7-16/h5-6,9,16H,2-4,7H2,1H3,(H,17,18). The van der Waals surface area contributed by atoms with Gasteiger partial charge in [-0.3, -0.25) is 0 Å². The van der Waals surface area contributed by atoms with E-state index in [9.17, 15) is 22.7 Å². The lowest BCUT2D eigenvalue weighted by Gasteiger charge is -2.22. The molecule has 0 aliphatic carbocycles. The molecular formula is C13H16FNO5S. The van der Waals surface area contributed by atoms with Crippen LogP contribution in [-0.4, -0.2) is 48.1 Å². The van der Waals surface area contributed by atoms with Crippen LogP contribution in [0.25, 0.3) is 0 Å². The molecule has 1 fully saturated rings. The molecule has 0 bridgehead atoms. The van der Waals surface area contributed by atoms with Crippen molar-refractivity contribution in [2.24, 2.45) is 0 Å². The van der Waals surface area contributed by atoms with Crippen molar-refractivity contribution in [3.8, 4) is 0 Å². The normalized spacial score (nSPS) is 19.9. The molecule has 8 heteroatoms. The summed E-state index contributed by atoms with van der Waals surface area (Å²) in [7, 11) is -3.95. The number of halogens is 1. The number of hydrogen-bond acceptors (Lipinski definition) is 4. The lowest BCUT2D eigenvalue weighted by molar-refractivity contribution is 0.0691. The van der Waals surface area contributed by atoms with E-state index in [-0.39, 0.29) is 23.6 Å². The second kappa shape index (κ2) is 5.70. The van der Waals surface area contributed by atoms with Gasteiger partial charge in [-0.2, -0.15) is 4.31 Å². The summed E-state index contributed by atoms with van der Waals surface area (Å²) in [6.45, 7) is 1.27. The Morgan fingerprint density at radius 2 is 2.14 bits per heavy atom. The van der Waals surface area contributed by atoms with Crippen molar-refractivity contribution in [3.05, 3.63) is 29.1 Å². The molecular weight excluding hydrogens is 301 g/mol. The van der Waals surface area contributed by atoms with Crippen LogP contribution in [0.2, 0.25) is 0 Å². The molecule has 6 nitrogen and oxygen atoms in total. The fourth-order valence-corrected chi connectivity index (χ4v) is 4.28. The molecule has 1 aromatic rings. The van der Waals surface area contributed by atoms with Crippen LogP contribution < -0.4 is 0 Å². The maximum atomic E-state index is 13.7. The van der Waals surface area contributed by atoms with Crippen molar-refractivity contribution in [1.29, 1.82) is 0 Å². The maximum absolute atomic E-state index is 13.7. The molecule has 2 N–H and O–H groups in total. The molecule has 116 valence electrons. The highest BCUT2D eigenvalue weighted by Crippen LogP contribution is 2.28. The van der Waals surface area contributed by atoms with E-state index in [1.165, 1.54) is 6.92 Å². The van der Waals surface area contributed by atoms with Gasteiger partial charge in [0.25, 0.3) is 0 Å². The van der Waals surface area contributed by atoms with E-state index in [4.69, 9.17) is 5.11 Å². The molecule has 0 radical (unpaired) electrons. The Morgan fingerprint density at radius 1 is 1.48 bits per heavy atom. The third kappa shape index (κ3) is 2.78. The largest absolute Gasteiger partial charge is 0.478 e. The lowest BCUT2D eigenvalue weighted by atomic mass is 10.1. The van der Waals surface area contributed by atoms with Gasteiger partial charge in [-0.1, -0.05) is 0 Å². The number of rotatable bonds is 4. The van der Waals surface area contributed by atoms with E-state index >= 15 is 0 Å². The SMILES string of the molecule is Cc1cc(S(=O)(=O)N2CCCC2CO)cc(C(=O)O)c1F. The first-order chi connectivity index (χ1) is 9.78. The summed E-state index contributed by atoms with van der Waals surface area (Å²) in [5.74, 6) is -2.46. The Morgan fingerprint density at radius 3 is 2.71 bits per heavy atom. The van der Waals surface area contributed by atoms with Gasteiger partial charge in [0, 0.05) is 12.6 Å². The molecule has 21 heavy (non-hydrogen) atoms. The summed E-state index contributed by atoms with van der Waals surface area (Å²) in [6, 6.07) is 1.42. The zero-order valence-corrected chi connectivity index (χ0v) is 12.2. The Kier molecular flexibility index (Phi) is 4.31. The summed E-state index contributed by atoms with van der Waals surface area (Å²) in [4.78, 5) is 10.7. The van der Waals surface area contributed by atoms with Gasteiger partial charge >= 0.3 is 5.97 Å². The molecule has 1 saturated heterocycles. The Labute approximate surface area is 121 Å². The highest BCUT2D eigenvalue weighted by atomic mass is 32.2. The van der Waals surface area contributed by atoms with Crippen LogP contribution in [0.1, 0.15) is 28.8 Å². The zero-order valence-electron chi connectivity index (χ0n) is 11.4. The molecule has 0 aromatic heterocycles. The number of carboxylic acids is 1. The summed E-state index contributed by atoms with van der Waals surface area (Å²) >= 11 is 0. The van der Waals surface area contributed by atoms with Gasteiger partial charge in [0.1, 0.15) is 5.82 Å². The molecule has 2 rings (SSSR count). The van der Waals surface area contributed by atoms with Crippen molar-refractivity contribution in [1.82, 2.24) is 4.31 Å². The fraction of sp³-hybridized carbons (Fsp3) is 0.462. The quantitative estimate of drug-likeness (QED) is 0.863. The van der Waals surface area contributed by atoms with E-state index < -0.39 is 33.4 Å². The second-order valence-corrected chi connectivity index (χ2v) is 6.89. The number of aliphatic hydroxyl groups is 1. The van der Waals surface area contributed by atoms with Crippen LogP contribution in [0, 0.1) is 12.7 Å². The minimum Gasteiger partial charge on any atom is -0.478 e. The van der Waals surface area contributed by atoms with Crippen LogP contribution in [-0.2, 0) is 10.0 Å². The van der Waals surface area contributed by atoms with Gasteiger partial charge in [0.2, 0.25) is 10.0 Å². The van der Waals surface area contributed by atoms with E-state index in [1.807, 2.05) is 0 Å². The van der Waals surface area contributed by atoms with Gasteiger partial charge in [-0.15, -0.1) is 0 Å². The monoisotopic (exact) mass is 317 g/mol. The molecule has 1 heterocycles. The Hall–Kier alpha value is -1.51. The highest BCUT2D eigenvalue weighted by molar-refractivity contribution is 7.89. The molecule has 1 aliphatic rings. The molecule has 1 unspecified atom stereocenters. The molecule has 1 aromatic carbocycles. The van der Waals surface area contributed by atoms with Gasteiger partial charge in [-0.05, 0) is 37.5 Å². The van der Waals surface area contributed by atoms with Gasteiger partial charge < -0.3 is 10.2 Å². The number of carboxylic acid groups (broad SMARTS) is 1. The molecule has 0 spiro atoms. The van der Waals surface area contributed by atoms with Crippen LogP contribution in [0.5, 0.6) is 0 Å². The number of hydrogen-bond donors (Lipinski definition) is 2. The third-order valence-corrected chi connectivity index (χ3v) is 5.53. The topological polar surface area (TPSA) is 94.9 Å². The van der Waals surface area contributed by atoms with Gasteiger partial charge in [0.05, 0.1) is 17.1 Å². The van der Waals surface area contributed by atoms with Crippen molar-refractivity contribution in [2.75, 3.05) is 13.2 Å². The number of aromatic carboxylic acids is 1. The van der Waals surface area contributed by atoms with E-state index in [2.05, 4.69) is 0 Å². The number of sulfonamides is 1. The lowest BCUT2D eigenvalue weighted by Crippen LogP contribution is -2.37. The van der Waals surface area contributed by atoms with E-state index in [0.717, 1.165) is 16.4 Å². The predicted octanol–water partition coefficient (Wildman–Crippen LogP) is 0.978. The molecule has 0 amide bonds. The molecule has 0 saturated carbocycles. The van der Waals surface area contributed by atoms with Crippen molar-refractivity contribution in [2.45, 2.75) is 30.7 Å². The average Bonchev–Trinajstić information content (AvgIpc) is 2.90. The first-order valence-corrected chi connectivity index (χ1v) is 7.89. The van der Waals surface area contributed by atoms with Crippen LogP contribution in [0.4, 0.5) is 4.39 Å². The maximum Gasteiger partial charge on any atom is 0.338 e. The third-order valence-electron chi connectivity index (χ3n) is 3.60. The number of aliphatic hydroxyl groups excluding tert-OH is 1. The minimum atomic E-state index is -3.95.